The second-order valence-electron chi connectivity index (χ2n) is 4.76. The third-order valence-electron chi connectivity index (χ3n) is 3.53. The molecule has 2 rings (SSSR count). The van der Waals surface area contributed by atoms with Crippen LogP contribution in [0.2, 0.25) is 0 Å². The van der Waals surface area contributed by atoms with E-state index in [0.29, 0.717) is 12.0 Å². The van der Waals surface area contributed by atoms with E-state index >= 15 is 0 Å². The molecule has 16 heavy (non-hydrogen) atoms. The van der Waals surface area contributed by atoms with Gasteiger partial charge in [-0.1, -0.05) is 6.42 Å². The van der Waals surface area contributed by atoms with Gasteiger partial charge >= 0.3 is 0 Å². The first kappa shape index (κ1) is 11.4. The highest BCUT2D eigenvalue weighted by molar-refractivity contribution is 5.48. The zero-order valence-corrected chi connectivity index (χ0v) is 10.2. The van der Waals surface area contributed by atoms with Crippen LogP contribution in [0.4, 0.5) is 5.69 Å². The average molecular weight is 219 g/mol. The van der Waals surface area contributed by atoms with Gasteiger partial charge in [-0.25, -0.2) is 0 Å². The number of nitrogens with zero attached hydrogens (tertiary/aromatic N) is 1. The maximum atomic E-state index is 5.78. The van der Waals surface area contributed by atoms with Gasteiger partial charge in [0.25, 0.3) is 0 Å². The number of hydrogen-bond acceptors (Lipinski definition) is 3. The summed E-state index contributed by atoms with van der Waals surface area (Å²) in [5.74, 6) is 0.626. The zero-order valence-electron chi connectivity index (χ0n) is 10.2. The highest BCUT2D eigenvalue weighted by atomic mass is 15.0. The van der Waals surface area contributed by atoms with Crippen LogP contribution in [0.5, 0.6) is 0 Å². The molecule has 88 valence electrons. The summed E-state index contributed by atoms with van der Waals surface area (Å²) in [4.78, 5) is 4.47. The standard InChI is InChI=1S/C13H21N3/c1-9-6-7-12(10(2)15-9)16-13-5-3-4-11(13)8-14/h6-7,11,13,16H,3-5,8,14H2,1-2H3. The number of aryl methyl sites for hydroxylation is 2. The molecule has 1 fully saturated rings. The molecule has 0 aromatic carbocycles. The first-order chi connectivity index (χ1) is 7.70. The van der Waals surface area contributed by atoms with Crippen LogP contribution in [0.25, 0.3) is 0 Å². The fourth-order valence-electron chi connectivity index (χ4n) is 2.55. The fourth-order valence-corrected chi connectivity index (χ4v) is 2.55. The summed E-state index contributed by atoms with van der Waals surface area (Å²) >= 11 is 0. The van der Waals surface area contributed by atoms with Crippen molar-refractivity contribution >= 4 is 5.69 Å². The monoisotopic (exact) mass is 219 g/mol. The van der Waals surface area contributed by atoms with Crippen molar-refractivity contribution < 1.29 is 0 Å². The summed E-state index contributed by atoms with van der Waals surface area (Å²) in [5.41, 5.74) is 9.11. The smallest absolute Gasteiger partial charge is 0.0606 e. The highest BCUT2D eigenvalue weighted by Crippen LogP contribution is 2.28. The minimum Gasteiger partial charge on any atom is -0.381 e. The average Bonchev–Trinajstić information content (AvgIpc) is 2.69. The van der Waals surface area contributed by atoms with Crippen molar-refractivity contribution in [3.63, 3.8) is 0 Å². The Kier molecular flexibility index (Phi) is 3.44. The summed E-state index contributed by atoms with van der Waals surface area (Å²) < 4.78 is 0. The van der Waals surface area contributed by atoms with Gasteiger partial charge in [0, 0.05) is 11.7 Å². The van der Waals surface area contributed by atoms with Crippen LogP contribution >= 0.6 is 0 Å². The lowest BCUT2D eigenvalue weighted by Crippen LogP contribution is -2.29. The van der Waals surface area contributed by atoms with Crippen molar-refractivity contribution in [2.45, 2.75) is 39.2 Å². The molecule has 0 radical (unpaired) electrons. The number of anilines is 1. The molecule has 0 saturated heterocycles. The Balaban J connectivity index is 2.08. The summed E-state index contributed by atoms with van der Waals surface area (Å²) in [6.07, 6.45) is 3.78. The van der Waals surface area contributed by atoms with Crippen molar-refractivity contribution in [2.75, 3.05) is 11.9 Å². The number of pyridine rings is 1. The second-order valence-corrected chi connectivity index (χ2v) is 4.76. The predicted molar refractivity (Wildman–Crippen MR) is 67.5 cm³/mol. The van der Waals surface area contributed by atoms with Gasteiger partial charge in [0.15, 0.2) is 0 Å². The lowest BCUT2D eigenvalue weighted by molar-refractivity contribution is 0.516. The molecule has 0 amide bonds. The van der Waals surface area contributed by atoms with Crippen LogP contribution in [0.3, 0.4) is 0 Å². The van der Waals surface area contributed by atoms with E-state index in [2.05, 4.69) is 29.4 Å². The molecule has 0 spiro atoms. The lowest BCUT2D eigenvalue weighted by Gasteiger charge is -2.21. The van der Waals surface area contributed by atoms with E-state index in [9.17, 15) is 0 Å². The van der Waals surface area contributed by atoms with Crippen molar-refractivity contribution in [1.29, 1.82) is 0 Å². The number of nitrogens with one attached hydrogen (secondary N) is 1. The molecule has 1 aromatic heterocycles. The SMILES string of the molecule is Cc1ccc(NC2CCCC2CN)c(C)n1. The molecule has 3 heteroatoms. The number of aromatic nitrogens is 1. The molecule has 1 aliphatic carbocycles. The third-order valence-corrected chi connectivity index (χ3v) is 3.53. The van der Waals surface area contributed by atoms with Gasteiger partial charge in [-0.2, -0.15) is 0 Å². The Bertz CT molecular complexity index is 362. The molecule has 0 aliphatic heterocycles. The second kappa shape index (κ2) is 4.83. The molecule has 2 unspecified atom stereocenters. The van der Waals surface area contributed by atoms with Crippen LogP contribution in [0.1, 0.15) is 30.7 Å². The lowest BCUT2D eigenvalue weighted by atomic mass is 10.0. The van der Waals surface area contributed by atoms with Crippen LogP contribution < -0.4 is 11.1 Å². The van der Waals surface area contributed by atoms with Crippen LogP contribution in [0.15, 0.2) is 12.1 Å². The largest absolute Gasteiger partial charge is 0.381 e. The number of rotatable bonds is 3. The fraction of sp³-hybridized carbons (Fsp3) is 0.615. The first-order valence-electron chi connectivity index (χ1n) is 6.11. The molecule has 1 heterocycles. The van der Waals surface area contributed by atoms with Gasteiger partial charge in [0.05, 0.1) is 11.4 Å². The van der Waals surface area contributed by atoms with Crippen molar-refractivity contribution in [3.8, 4) is 0 Å². The molecular formula is C13H21N3. The zero-order chi connectivity index (χ0) is 11.5. The van der Waals surface area contributed by atoms with Crippen LogP contribution in [-0.2, 0) is 0 Å². The number of hydrogen-bond donors (Lipinski definition) is 2. The minimum absolute atomic E-state index is 0.535. The normalized spacial score (nSPS) is 24.7. The van der Waals surface area contributed by atoms with E-state index in [1.54, 1.807) is 0 Å². The summed E-state index contributed by atoms with van der Waals surface area (Å²) in [6, 6.07) is 4.72. The van der Waals surface area contributed by atoms with Crippen LogP contribution in [0, 0.1) is 19.8 Å². The molecule has 3 N–H and O–H groups in total. The van der Waals surface area contributed by atoms with E-state index in [1.165, 1.54) is 19.3 Å². The number of nitrogens with two attached hydrogens (primary N) is 1. The first-order valence-corrected chi connectivity index (χ1v) is 6.11. The Morgan fingerprint density at radius 2 is 2.19 bits per heavy atom. The topological polar surface area (TPSA) is 50.9 Å². The maximum Gasteiger partial charge on any atom is 0.0606 e. The van der Waals surface area contributed by atoms with Gasteiger partial charge in [-0.15, -0.1) is 0 Å². The van der Waals surface area contributed by atoms with Gasteiger partial charge < -0.3 is 11.1 Å². The van der Waals surface area contributed by atoms with E-state index in [-0.39, 0.29) is 0 Å². The molecule has 1 aliphatic rings. The quantitative estimate of drug-likeness (QED) is 0.819. The van der Waals surface area contributed by atoms with Crippen molar-refractivity contribution in [1.82, 2.24) is 4.98 Å². The van der Waals surface area contributed by atoms with Crippen LogP contribution in [-0.4, -0.2) is 17.6 Å². The summed E-state index contributed by atoms with van der Waals surface area (Å²) in [7, 11) is 0. The third kappa shape index (κ3) is 2.35. The maximum absolute atomic E-state index is 5.78. The highest BCUT2D eigenvalue weighted by Gasteiger charge is 2.26. The van der Waals surface area contributed by atoms with Gasteiger partial charge in [-0.05, 0) is 51.3 Å². The Labute approximate surface area is 97.5 Å². The van der Waals surface area contributed by atoms with E-state index < -0.39 is 0 Å². The molecule has 2 atom stereocenters. The predicted octanol–water partition coefficient (Wildman–Crippen LogP) is 2.24. The van der Waals surface area contributed by atoms with E-state index in [4.69, 9.17) is 5.73 Å². The summed E-state index contributed by atoms with van der Waals surface area (Å²) in [6.45, 7) is 4.87. The molecular weight excluding hydrogens is 198 g/mol. The van der Waals surface area contributed by atoms with Crippen molar-refractivity contribution in [2.24, 2.45) is 11.7 Å². The Hall–Kier alpha value is -1.09. The molecule has 3 nitrogen and oxygen atoms in total. The van der Waals surface area contributed by atoms with Gasteiger partial charge in [0.2, 0.25) is 0 Å². The Morgan fingerprint density at radius 1 is 1.38 bits per heavy atom. The van der Waals surface area contributed by atoms with Gasteiger partial charge in [-0.3, -0.25) is 4.98 Å². The molecule has 0 bridgehead atoms. The van der Waals surface area contributed by atoms with E-state index in [1.807, 2.05) is 6.92 Å². The molecule has 1 saturated carbocycles. The minimum atomic E-state index is 0.535. The van der Waals surface area contributed by atoms with Crippen molar-refractivity contribution in [3.05, 3.63) is 23.5 Å². The Morgan fingerprint density at radius 3 is 2.88 bits per heavy atom. The van der Waals surface area contributed by atoms with Gasteiger partial charge in [0.1, 0.15) is 0 Å². The molecule has 1 aromatic rings. The summed E-state index contributed by atoms with van der Waals surface area (Å²) in [5, 5.41) is 3.59. The van der Waals surface area contributed by atoms with E-state index in [0.717, 1.165) is 23.6 Å².